The maximum absolute atomic E-state index is 12.9. The molecule has 3 aromatic rings. The van der Waals surface area contributed by atoms with Crippen molar-refractivity contribution in [3.63, 3.8) is 0 Å². The van der Waals surface area contributed by atoms with Gasteiger partial charge in [0.25, 0.3) is 5.56 Å². The molecule has 0 saturated heterocycles. The predicted octanol–water partition coefficient (Wildman–Crippen LogP) is 0.438. The molecule has 0 unspecified atom stereocenters. The van der Waals surface area contributed by atoms with Crippen LogP contribution in [0.25, 0.3) is 0 Å². The number of nitrogen functional groups attached to an aromatic ring is 1. The molecule has 0 bridgehead atoms. The number of aromatic nitrogens is 4. The Morgan fingerprint density at radius 3 is 2.57 bits per heavy atom. The van der Waals surface area contributed by atoms with Crippen molar-refractivity contribution in [3.05, 3.63) is 74.0 Å². The number of Topliss-reactive ketones (excluding diaryl/α,β-unsaturated/α-hetero) is 1. The summed E-state index contributed by atoms with van der Waals surface area (Å²) in [5.41, 5.74) is 5.44. The van der Waals surface area contributed by atoms with Gasteiger partial charge in [0.1, 0.15) is 11.4 Å². The zero-order valence-corrected chi connectivity index (χ0v) is 17.2. The van der Waals surface area contributed by atoms with Crippen molar-refractivity contribution in [1.29, 1.82) is 0 Å². The maximum Gasteiger partial charge on any atom is 0.332 e. The highest BCUT2D eigenvalue weighted by Crippen LogP contribution is 2.10. The molecule has 0 amide bonds. The van der Waals surface area contributed by atoms with Crippen molar-refractivity contribution in [2.45, 2.75) is 26.4 Å². The third-order valence-electron chi connectivity index (χ3n) is 4.69. The first kappa shape index (κ1) is 21.2. The van der Waals surface area contributed by atoms with Crippen LogP contribution < -0.4 is 17.0 Å². The van der Waals surface area contributed by atoms with E-state index in [1.807, 2.05) is 37.3 Å². The molecule has 0 fully saturated rings. The van der Waals surface area contributed by atoms with Crippen molar-refractivity contribution in [2.24, 2.45) is 7.05 Å². The summed E-state index contributed by atoms with van der Waals surface area (Å²) in [5.74, 6) is 0.317. The first-order valence-electron chi connectivity index (χ1n) is 9.48. The fraction of sp³-hybridized carbons (Fsp3) is 0.350. The average molecular weight is 412 g/mol. The predicted molar refractivity (Wildman–Crippen MR) is 110 cm³/mol. The topological polar surface area (TPSA) is 129 Å². The van der Waals surface area contributed by atoms with Crippen LogP contribution >= 0.6 is 0 Å². The van der Waals surface area contributed by atoms with E-state index in [1.54, 1.807) is 11.9 Å². The van der Waals surface area contributed by atoms with Crippen LogP contribution in [0.5, 0.6) is 0 Å². The summed E-state index contributed by atoms with van der Waals surface area (Å²) in [6, 6.07) is 9.19. The summed E-state index contributed by atoms with van der Waals surface area (Å²) >= 11 is 0. The molecule has 2 N–H and O–H groups in total. The Morgan fingerprint density at radius 2 is 1.93 bits per heavy atom. The first-order valence-corrected chi connectivity index (χ1v) is 9.48. The molecule has 10 heteroatoms. The SMILES string of the molecule is CCc1noc(CN(C)CC(=O)c2c(N)n(Cc3ccccc3)c(=O)n(C)c2=O)n1. The molecule has 0 aliphatic heterocycles. The Labute approximate surface area is 172 Å². The first-order chi connectivity index (χ1) is 14.3. The van der Waals surface area contributed by atoms with Gasteiger partial charge in [-0.2, -0.15) is 4.98 Å². The van der Waals surface area contributed by atoms with Crippen LogP contribution in [-0.4, -0.2) is 43.6 Å². The van der Waals surface area contributed by atoms with E-state index in [4.69, 9.17) is 10.3 Å². The molecule has 3 rings (SSSR count). The van der Waals surface area contributed by atoms with Gasteiger partial charge in [-0.3, -0.25) is 23.6 Å². The molecule has 1 aromatic carbocycles. The van der Waals surface area contributed by atoms with E-state index < -0.39 is 17.0 Å². The molecule has 0 aliphatic carbocycles. The molecule has 0 atom stereocenters. The van der Waals surface area contributed by atoms with Crippen molar-refractivity contribution in [1.82, 2.24) is 24.2 Å². The van der Waals surface area contributed by atoms with Crippen molar-refractivity contribution < 1.29 is 9.32 Å². The third-order valence-corrected chi connectivity index (χ3v) is 4.69. The van der Waals surface area contributed by atoms with E-state index in [-0.39, 0.29) is 31.0 Å². The smallest absolute Gasteiger partial charge is 0.332 e. The molecule has 0 saturated carbocycles. The molecule has 0 aliphatic rings. The lowest BCUT2D eigenvalue weighted by Gasteiger charge is -2.17. The normalized spacial score (nSPS) is 11.2. The number of carbonyl (C=O) groups excluding carboxylic acids is 1. The van der Waals surface area contributed by atoms with Gasteiger partial charge < -0.3 is 10.3 Å². The van der Waals surface area contributed by atoms with Crippen LogP contribution in [0.1, 0.15) is 34.6 Å². The van der Waals surface area contributed by atoms with Crippen molar-refractivity contribution >= 4 is 11.6 Å². The minimum atomic E-state index is -0.716. The fourth-order valence-corrected chi connectivity index (χ4v) is 3.07. The summed E-state index contributed by atoms with van der Waals surface area (Å²) in [4.78, 5) is 44.0. The molecule has 10 nitrogen and oxygen atoms in total. The maximum atomic E-state index is 12.9. The number of benzene rings is 1. The lowest BCUT2D eigenvalue weighted by molar-refractivity contribution is 0.0935. The number of nitrogens with two attached hydrogens (primary N) is 1. The second-order valence-electron chi connectivity index (χ2n) is 7.03. The van der Waals surface area contributed by atoms with Crippen LogP contribution in [0.4, 0.5) is 5.82 Å². The number of nitrogens with zero attached hydrogens (tertiary/aromatic N) is 5. The van der Waals surface area contributed by atoms with E-state index in [1.165, 1.54) is 11.6 Å². The van der Waals surface area contributed by atoms with Gasteiger partial charge in [0.15, 0.2) is 11.6 Å². The quantitative estimate of drug-likeness (QED) is 0.528. The molecule has 0 radical (unpaired) electrons. The minimum Gasteiger partial charge on any atom is -0.384 e. The van der Waals surface area contributed by atoms with Crippen LogP contribution in [0.2, 0.25) is 0 Å². The van der Waals surface area contributed by atoms with Crippen molar-refractivity contribution in [3.8, 4) is 0 Å². The van der Waals surface area contributed by atoms with E-state index in [0.717, 1.165) is 10.1 Å². The number of rotatable bonds is 8. The van der Waals surface area contributed by atoms with Gasteiger partial charge in [0.2, 0.25) is 5.89 Å². The lowest BCUT2D eigenvalue weighted by Crippen LogP contribution is -2.44. The fourth-order valence-electron chi connectivity index (χ4n) is 3.07. The molecule has 0 spiro atoms. The van der Waals surface area contributed by atoms with Gasteiger partial charge in [-0.15, -0.1) is 0 Å². The minimum absolute atomic E-state index is 0.104. The Kier molecular flexibility index (Phi) is 6.26. The summed E-state index contributed by atoms with van der Waals surface area (Å²) in [6.45, 7) is 2.19. The highest BCUT2D eigenvalue weighted by molar-refractivity contribution is 6.01. The van der Waals surface area contributed by atoms with Crippen LogP contribution in [0.3, 0.4) is 0 Å². The largest absolute Gasteiger partial charge is 0.384 e. The second kappa shape index (κ2) is 8.87. The molecule has 30 heavy (non-hydrogen) atoms. The Morgan fingerprint density at radius 1 is 1.23 bits per heavy atom. The van der Waals surface area contributed by atoms with E-state index in [0.29, 0.717) is 18.1 Å². The van der Waals surface area contributed by atoms with Crippen LogP contribution in [-0.2, 0) is 26.6 Å². The van der Waals surface area contributed by atoms with E-state index in [2.05, 4.69) is 10.1 Å². The zero-order valence-electron chi connectivity index (χ0n) is 17.2. The Hall–Kier alpha value is -3.53. The summed E-state index contributed by atoms with van der Waals surface area (Å²) in [6.07, 6.45) is 0.641. The van der Waals surface area contributed by atoms with Crippen LogP contribution in [0.15, 0.2) is 44.4 Å². The number of hydrogen-bond acceptors (Lipinski definition) is 8. The van der Waals surface area contributed by atoms with Gasteiger partial charge in [-0.1, -0.05) is 42.4 Å². The number of hydrogen-bond donors (Lipinski definition) is 1. The number of aryl methyl sites for hydroxylation is 1. The van der Waals surface area contributed by atoms with Crippen LogP contribution in [0, 0.1) is 0 Å². The summed E-state index contributed by atoms with van der Waals surface area (Å²) in [7, 11) is 3.02. The van der Waals surface area contributed by atoms with Gasteiger partial charge in [-0.25, -0.2) is 4.79 Å². The second-order valence-corrected chi connectivity index (χ2v) is 7.03. The van der Waals surface area contributed by atoms with Gasteiger partial charge in [-0.05, 0) is 12.6 Å². The van der Waals surface area contributed by atoms with E-state index >= 15 is 0 Å². The molecular formula is C20H24N6O4. The monoisotopic (exact) mass is 412 g/mol. The van der Waals surface area contributed by atoms with Gasteiger partial charge in [0, 0.05) is 13.5 Å². The summed E-state index contributed by atoms with van der Waals surface area (Å²) in [5, 5.41) is 3.82. The van der Waals surface area contributed by atoms with Gasteiger partial charge in [0.05, 0.1) is 19.6 Å². The Balaban J connectivity index is 1.87. The van der Waals surface area contributed by atoms with Gasteiger partial charge >= 0.3 is 5.69 Å². The number of anilines is 1. The zero-order chi connectivity index (χ0) is 21.8. The molecule has 2 aromatic heterocycles. The molecule has 158 valence electrons. The highest BCUT2D eigenvalue weighted by atomic mass is 16.5. The summed E-state index contributed by atoms with van der Waals surface area (Å²) < 4.78 is 7.26. The highest BCUT2D eigenvalue weighted by Gasteiger charge is 2.23. The molecule has 2 heterocycles. The standard InChI is InChI=1S/C20H24N6O4/c1-4-15-22-16(30-23-15)12-24(2)11-14(27)17-18(21)26(20(29)25(3)19(17)28)10-13-8-6-5-7-9-13/h5-9H,4,10-12,21H2,1-3H3. The lowest BCUT2D eigenvalue weighted by atomic mass is 10.1. The molecular weight excluding hydrogens is 388 g/mol. The number of carbonyl (C=O) groups is 1. The third kappa shape index (κ3) is 4.38. The average Bonchev–Trinajstić information content (AvgIpc) is 3.18. The Bertz CT molecular complexity index is 1160. The number of ketones is 1. The number of likely N-dealkylation sites (N-methyl/N-ethyl adjacent to an activating group) is 1. The van der Waals surface area contributed by atoms with Crippen molar-refractivity contribution in [2.75, 3.05) is 19.3 Å². The van der Waals surface area contributed by atoms with E-state index in [9.17, 15) is 14.4 Å².